The van der Waals surface area contributed by atoms with Crippen molar-refractivity contribution >= 4 is 43.6 Å². The van der Waals surface area contributed by atoms with Crippen molar-refractivity contribution in [3.8, 4) is 79.1 Å². The quantitative estimate of drug-likeness (QED) is 0.160. The summed E-state index contributed by atoms with van der Waals surface area (Å²) in [4.78, 5) is 0. The molecule has 0 unspecified atom stereocenters. The third-order valence-corrected chi connectivity index (χ3v) is 15.2. The fourth-order valence-electron chi connectivity index (χ4n) is 12.1. The van der Waals surface area contributed by atoms with Gasteiger partial charge in [-0.15, -0.1) is 0 Å². The Labute approximate surface area is 452 Å². The molecule has 0 spiro atoms. The predicted octanol–water partition coefficient (Wildman–Crippen LogP) is 19.4. The molecule has 0 atom stereocenters. The van der Waals surface area contributed by atoms with Gasteiger partial charge in [-0.05, 0) is 190 Å². The molecular weight excluding hydrogens is 966 g/mol. The minimum absolute atomic E-state index is 0.128. The summed E-state index contributed by atoms with van der Waals surface area (Å²) in [6, 6.07) is 63.5. The van der Waals surface area contributed by atoms with Gasteiger partial charge in [0.05, 0.1) is 50.6 Å². The summed E-state index contributed by atoms with van der Waals surface area (Å²) in [6.45, 7) is 16.8. The molecule has 0 saturated carbocycles. The van der Waals surface area contributed by atoms with Gasteiger partial charge in [0.25, 0.3) is 0 Å². The van der Waals surface area contributed by atoms with Gasteiger partial charge in [0.15, 0.2) is 0 Å². The summed E-state index contributed by atoms with van der Waals surface area (Å²) in [7, 11) is 0. The maximum Gasteiger partial charge on any atom is 0.416 e. The number of hydrogen-bond acceptors (Lipinski definition) is 2. The summed E-state index contributed by atoms with van der Waals surface area (Å²) in [5.41, 5.74) is 21.7. The lowest BCUT2D eigenvalue weighted by atomic mass is 9.96. The predicted molar refractivity (Wildman–Crippen MR) is 315 cm³/mol. The number of rotatable bonds is 7. The van der Waals surface area contributed by atoms with E-state index in [2.05, 4.69) is 216 Å². The van der Waals surface area contributed by atoms with Crippen molar-refractivity contribution in [2.75, 3.05) is 0 Å². The molecule has 2 heterocycles. The summed E-state index contributed by atoms with van der Waals surface area (Å²) < 4.78 is 48.8. The summed E-state index contributed by atoms with van der Waals surface area (Å²) in [6.07, 6.45) is -4.73. The Morgan fingerprint density at radius 2 is 0.590 bits per heavy atom. The third-order valence-electron chi connectivity index (χ3n) is 15.2. The molecule has 12 aromatic rings. The van der Waals surface area contributed by atoms with Crippen LogP contribution in [0.1, 0.15) is 61.2 Å². The van der Waals surface area contributed by atoms with E-state index in [4.69, 9.17) is 0 Å². The monoisotopic (exact) mass is 1020 g/mol. The number of benzene rings is 10. The highest BCUT2D eigenvalue weighted by Gasteiger charge is 2.32. The average molecular weight is 1020 g/mol. The Hall–Kier alpha value is -9.43. The van der Waals surface area contributed by atoms with Crippen LogP contribution in [0.3, 0.4) is 0 Å². The second-order valence-electron chi connectivity index (χ2n) is 21.5. The Morgan fingerprint density at radius 3 is 0.859 bits per heavy atom. The standard InChI is InChI=1S/C71H53F3N4/c1-40-17-41(2)22-53(21-40)49-9-13-65-60(32-49)61-33-50(54-23-42(3)18-43(4)24-54)10-14-66(61)77(65)69-36-58(57-29-48(38-75)30-59(31-57)71(72,73)74)37-70(64(69)39-76)78-67-15-11-51(55-25-44(5)19-45(6)26-55)34-62(67)63-35-52(12-16-68(63)78)56-27-46(7)20-47(8)28-56/h9-37H,1-8H3. The van der Waals surface area contributed by atoms with Crippen LogP contribution in [0.5, 0.6) is 0 Å². The second-order valence-corrected chi connectivity index (χ2v) is 21.5. The normalized spacial score (nSPS) is 11.8. The fraction of sp³-hybridized carbons (Fsp3) is 0.127. The van der Waals surface area contributed by atoms with Crippen LogP contribution in [0.25, 0.3) is 111 Å². The largest absolute Gasteiger partial charge is 0.416 e. The second kappa shape index (κ2) is 18.7. The molecule has 0 amide bonds. The van der Waals surface area contributed by atoms with E-state index in [1.807, 2.05) is 18.2 Å². The van der Waals surface area contributed by atoms with Gasteiger partial charge in [-0.1, -0.05) is 142 Å². The molecule has 4 nitrogen and oxygen atoms in total. The molecule has 10 aromatic carbocycles. The van der Waals surface area contributed by atoms with Crippen molar-refractivity contribution in [1.82, 2.24) is 9.13 Å². The summed E-state index contributed by atoms with van der Waals surface area (Å²) in [5.74, 6) is 0. The zero-order valence-electron chi connectivity index (χ0n) is 44.7. The number of fused-ring (bicyclic) bond motifs is 6. The summed E-state index contributed by atoms with van der Waals surface area (Å²) >= 11 is 0. The minimum Gasteiger partial charge on any atom is -0.308 e. The Morgan fingerprint density at radius 1 is 0.308 bits per heavy atom. The van der Waals surface area contributed by atoms with Crippen molar-refractivity contribution in [3.05, 3.63) is 237 Å². The van der Waals surface area contributed by atoms with Crippen LogP contribution in [-0.2, 0) is 6.18 Å². The highest BCUT2D eigenvalue weighted by atomic mass is 19.4. The lowest BCUT2D eigenvalue weighted by molar-refractivity contribution is -0.137. The molecule has 0 aliphatic rings. The van der Waals surface area contributed by atoms with Crippen molar-refractivity contribution in [2.24, 2.45) is 0 Å². The van der Waals surface area contributed by atoms with E-state index in [0.717, 1.165) is 145 Å². The van der Waals surface area contributed by atoms with Gasteiger partial charge in [-0.25, -0.2) is 0 Å². The van der Waals surface area contributed by atoms with Crippen LogP contribution in [0.2, 0.25) is 0 Å². The highest BCUT2D eigenvalue weighted by molar-refractivity contribution is 6.14. The molecule has 378 valence electrons. The van der Waals surface area contributed by atoms with Gasteiger partial charge >= 0.3 is 6.18 Å². The van der Waals surface area contributed by atoms with Gasteiger partial charge < -0.3 is 9.13 Å². The molecule has 0 aliphatic heterocycles. The van der Waals surface area contributed by atoms with Gasteiger partial charge in [0, 0.05) is 21.5 Å². The molecule has 12 rings (SSSR count). The Bertz CT molecular complexity index is 4060. The highest BCUT2D eigenvalue weighted by Crippen LogP contribution is 2.45. The number of alkyl halides is 3. The molecule has 0 saturated heterocycles. The van der Waals surface area contributed by atoms with Crippen molar-refractivity contribution in [1.29, 1.82) is 10.5 Å². The van der Waals surface area contributed by atoms with Crippen LogP contribution in [-0.4, -0.2) is 9.13 Å². The molecule has 0 fully saturated rings. The molecule has 0 bridgehead atoms. The van der Waals surface area contributed by atoms with E-state index in [1.165, 1.54) is 6.07 Å². The first-order valence-corrected chi connectivity index (χ1v) is 26.1. The number of halogens is 3. The zero-order chi connectivity index (χ0) is 54.5. The van der Waals surface area contributed by atoms with Crippen molar-refractivity contribution in [3.63, 3.8) is 0 Å². The molecule has 7 heteroatoms. The molecule has 78 heavy (non-hydrogen) atoms. The van der Waals surface area contributed by atoms with Crippen LogP contribution >= 0.6 is 0 Å². The van der Waals surface area contributed by atoms with E-state index in [1.54, 1.807) is 0 Å². The van der Waals surface area contributed by atoms with E-state index in [9.17, 15) is 23.7 Å². The van der Waals surface area contributed by atoms with Gasteiger partial charge in [0.2, 0.25) is 0 Å². The number of nitriles is 2. The minimum atomic E-state index is -4.73. The van der Waals surface area contributed by atoms with Crippen LogP contribution in [0, 0.1) is 78.1 Å². The number of aromatic nitrogens is 2. The molecule has 0 radical (unpaired) electrons. The van der Waals surface area contributed by atoms with Crippen LogP contribution in [0.15, 0.2) is 176 Å². The van der Waals surface area contributed by atoms with Crippen LogP contribution in [0.4, 0.5) is 13.2 Å². The summed E-state index contributed by atoms with van der Waals surface area (Å²) in [5, 5.41) is 25.9. The van der Waals surface area contributed by atoms with Gasteiger partial charge in [0.1, 0.15) is 11.6 Å². The molecule has 0 N–H and O–H groups in total. The lowest BCUT2D eigenvalue weighted by Crippen LogP contribution is -2.07. The first-order chi connectivity index (χ1) is 37.4. The average Bonchev–Trinajstić information content (AvgIpc) is 4.14. The molecule has 0 aliphatic carbocycles. The van der Waals surface area contributed by atoms with Gasteiger partial charge in [-0.3, -0.25) is 0 Å². The maximum atomic E-state index is 14.9. The molecule has 2 aromatic heterocycles. The number of aryl methyl sites for hydroxylation is 8. The number of hydrogen-bond donors (Lipinski definition) is 0. The van der Waals surface area contributed by atoms with Crippen molar-refractivity contribution in [2.45, 2.75) is 61.6 Å². The Kier molecular flexibility index (Phi) is 11.8. The lowest BCUT2D eigenvalue weighted by Gasteiger charge is -2.19. The van der Waals surface area contributed by atoms with Crippen molar-refractivity contribution < 1.29 is 13.2 Å². The Balaban J connectivity index is 1.21. The molecular formula is C71H53F3N4. The maximum absolute atomic E-state index is 14.9. The zero-order valence-corrected chi connectivity index (χ0v) is 44.7. The van der Waals surface area contributed by atoms with E-state index >= 15 is 0 Å². The SMILES string of the molecule is Cc1cc(C)cc(-c2ccc3c(c2)c2cc(-c4cc(C)cc(C)c4)ccc2n3-c2cc(-c3cc(C#N)cc(C(F)(F)F)c3)cc(-n3c4ccc(-c5cc(C)cc(C)c5)cc4c4cc(-c5cc(C)cc(C)c5)ccc43)c2C#N)c1. The van der Waals surface area contributed by atoms with E-state index < -0.39 is 11.7 Å². The first kappa shape index (κ1) is 49.4. The van der Waals surface area contributed by atoms with E-state index in [0.29, 0.717) is 22.5 Å². The van der Waals surface area contributed by atoms with Gasteiger partial charge in [-0.2, -0.15) is 23.7 Å². The number of nitrogens with zero attached hydrogens (tertiary/aromatic N) is 4. The van der Waals surface area contributed by atoms with E-state index in [-0.39, 0.29) is 11.1 Å². The topological polar surface area (TPSA) is 57.4 Å². The third kappa shape index (κ3) is 8.78. The first-order valence-electron chi connectivity index (χ1n) is 26.1. The smallest absolute Gasteiger partial charge is 0.308 e. The van der Waals surface area contributed by atoms with Crippen LogP contribution < -0.4 is 0 Å². The fourth-order valence-corrected chi connectivity index (χ4v) is 12.1.